The fraction of sp³-hybridized carbons (Fsp3) is 0.538. The molecule has 82 valence electrons. The Labute approximate surface area is 90.9 Å². The molecule has 15 heavy (non-hydrogen) atoms. The number of aliphatic hydroxyl groups is 1. The molecule has 0 fully saturated rings. The van der Waals surface area contributed by atoms with Crippen LogP contribution in [-0.4, -0.2) is 12.2 Å². The second-order valence-corrected chi connectivity index (χ2v) is 4.33. The summed E-state index contributed by atoms with van der Waals surface area (Å²) in [6.07, 6.45) is 2.74. The van der Waals surface area contributed by atoms with Crippen LogP contribution in [0.2, 0.25) is 0 Å². The molecule has 2 nitrogen and oxygen atoms in total. The van der Waals surface area contributed by atoms with Crippen LogP contribution in [0.15, 0.2) is 6.07 Å². The van der Waals surface area contributed by atoms with Crippen LogP contribution in [0.4, 0.5) is 0 Å². The second kappa shape index (κ2) is 3.86. The standard InChI is InChI=1S/C13H18O2/c1-8-7-10-5-4-6-11(14)12(10)9(2)13(8)15-3/h7,11,14H,4-6H2,1-3H3/t11-/m0/s1. The summed E-state index contributed by atoms with van der Waals surface area (Å²) in [5, 5.41) is 10.00. The molecule has 0 saturated heterocycles. The summed E-state index contributed by atoms with van der Waals surface area (Å²) < 4.78 is 5.38. The number of hydrogen-bond acceptors (Lipinski definition) is 2. The fourth-order valence-electron chi connectivity index (χ4n) is 2.68. The van der Waals surface area contributed by atoms with Crippen molar-refractivity contribution in [1.82, 2.24) is 0 Å². The highest BCUT2D eigenvalue weighted by atomic mass is 16.5. The van der Waals surface area contributed by atoms with Gasteiger partial charge in [-0.2, -0.15) is 0 Å². The van der Waals surface area contributed by atoms with Gasteiger partial charge in [0.15, 0.2) is 0 Å². The molecule has 0 aromatic heterocycles. The molecule has 1 aromatic carbocycles. The molecule has 0 radical (unpaired) electrons. The SMILES string of the molecule is COc1c(C)cc2c(c1C)[C@@H](O)CCC2. The van der Waals surface area contributed by atoms with Crippen molar-refractivity contribution in [3.05, 3.63) is 28.3 Å². The summed E-state index contributed by atoms with van der Waals surface area (Å²) in [5.41, 5.74) is 4.68. The molecule has 2 rings (SSSR count). The van der Waals surface area contributed by atoms with Crippen LogP contribution in [0, 0.1) is 13.8 Å². The molecule has 1 aliphatic rings. The lowest BCUT2D eigenvalue weighted by atomic mass is 9.85. The minimum absolute atomic E-state index is 0.303. The van der Waals surface area contributed by atoms with Crippen molar-refractivity contribution in [3.8, 4) is 5.75 Å². The second-order valence-electron chi connectivity index (χ2n) is 4.33. The van der Waals surface area contributed by atoms with E-state index in [-0.39, 0.29) is 6.10 Å². The lowest BCUT2D eigenvalue weighted by Crippen LogP contribution is -2.12. The smallest absolute Gasteiger partial charge is 0.125 e. The lowest BCUT2D eigenvalue weighted by molar-refractivity contribution is 0.155. The van der Waals surface area contributed by atoms with Crippen molar-refractivity contribution in [1.29, 1.82) is 0 Å². The molecule has 1 aliphatic carbocycles. The number of aliphatic hydroxyl groups excluding tert-OH is 1. The molecule has 0 saturated carbocycles. The maximum Gasteiger partial charge on any atom is 0.125 e. The zero-order chi connectivity index (χ0) is 11.0. The van der Waals surface area contributed by atoms with Crippen LogP contribution in [0.5, 0.6) is 5.75 Å². The van der Waals surface area contributed by atoms with E-state index in [1.165, 1.54) is 11.1 Å². The van der Waals surface area contributed by atoms with Gasteiger partial charge in [0.2, 0.25) is 0 Å². The van der Waals surface area contributed by atoms with Gasteiger partial charge in [-0.1, -0.05) is 6.07 Å². The third kappa shape index (κ3) is 1.63. The normalized spacial score (nSPS) is 19.9. The van der Waals surface area contributed by atoms with Gasteiger partial charge in [-0.15, -0.1) is 0 Å². The molecular formula is C13H18O2. The molecule has 1 N–H and O–H groups in total. The van der Waals surface area contributed by atoms with Crippen molar-refractivity contribution in [2.24, 2.45) is 0 Å². The number of rotatable bonds is 1. The lowest BCUT2D eigenvalue weighted by Gasteiger charge is -2.25. The predicted molar refractivity (Wildman–Crippen MR) is 60.4 cm³/mol. The number of fused-ring (bicyclic) bond motifs is 1. The van der Waals surface area contributed by atoms with E-state index in [0.29, 0.717) is 0 Å². The van der Waals surface area contributed by atoms with Crippen LogP contribution in [0.1, 0.15) is 41.2 Å². The monoisotopic (exact) mass is 206 g/mol. The van der Waals surface area contributed by atoms with Gasteiger partial charge in [0.1, 0.15) is 5.75 Å². The summed E-state index contributed by atoms with van der Waals surface area (Å²) in [5.74, 6) is 0.926. The van der Waals surface area contributed by atoms with Crippen molar-refractivity contribution in [3.63, 3.8) is 0 Å². The number of ether oxygens (including phenoxy) is 1. The first-order chi connectivity index (χ1) is 7.15. The topological polar surface area (TPSA) is 29.5 Å². The van der Waals surface area contributed by atoms with Gasteiger partial charge in [0.05, 0.1) is 13.2 Å². The highest BCUT2D eigenvalue weighted by molar-refractivity contribution is 5.51. The maximum atomic E-state index is 10.00. The zero-order valence-corrected chi connectivity index (χ0v) is 9.63. The average Bonchev–Trinajstić information content (AvgIpc) is 2.17. The molecule has 0 spiro atoms. The van der Waals surface area contributed by atoms with E-state index in [1.807, 2.05) is 6.92 Å². The molecule has 1 atom stereocenters. The van der Waals surface area contributed by atoms with Crippen molar-refractivity contribution in [2.45, 2.75) is 39.2 Å². The summed E-state index contributed by atoms with van der Waals surface area (Å²) in [6.45, 7) is 4.10. The first kappa shape index (κ1) is 10.5. The summed E-state index contributed by atoms with van der Waals surface area (Å²) in [4.78, 5) is 0. The third-order valence-corrected chi connectivity index (χ3v) is 3.30. The number of aryl methyl sites for hydroxylation is 2. The Bertz CT molecular complexity index is 383. The maximum absolute atomic E-state index is 10.00. The zero-order valence-electron chi connectivity index (χ0n) is 9.63. The van der Waals surface area contributed by atoms with E-state index in [9.17, 15) is 5.11 Å². The Hall–Kier alpha value is -1.02. The molecule has 2 heteroatoms. The summed E-state index contributed by atoms with van der Waals surface area (Å²) in [7, 11) is 1.69. The molecule has 0 amide bonds. The van der Waals surface area contributed by atoms with Crippen LogP contribution < -0.4 is 4.74 Å². The Morgan fingerprint density at radius 3 is 2.80 bits per heavy atom. The van der Waals surface area contributed by atoms with Gasteiger partial charge < -0.3 is 9.84 Å². The Kier molecular flexibility index (Phi) is 2.70. The fourth-order valence-corrected chi connectivity index (χ4v) is 2.68. The highest BCUT2D eigenvalue weighted by Gasteiger charge is 2.22. The van der Waals surface area contributed by atoms with E-state index in [4.69, 9.17) is 4.74 Å². The molecule has 0 unspecified atom stereocenters. The molecular weight excluding hydrogens is 188 g/mol. The van der Waals surface area contributed by atoms with Crippen molar-refractivity contribution >= 4 is 0 Å². The van der Waals surface area contributed by atoms with E-state index in [0.717, 1.165) is 36.1 Å². The highest BCUT2D eigenvalue weighted by Crippen LogP contribution is 2.38. The number of hydrogen-bond donors (Lipinski definition) is 1. The van der Waals surface area contributed by atoms with E-state index >= 15 is 0 Å². The Morgan fingerprint density at radius 1 is 1.40 bits per heavy atom. The minimum atomic E-state index is -0.303. The van der Waals surface area contributed by atoms with Crippen LogP contribution in [-0.2, 0) is 6.42 Å². The minimum Gasteiger partial charge on any atom is -0.496 e. The van der Waals surface area contributed by atoms with E-state index in [2.05, 4.69) is 13.0 Å². The van der Waals surface area contributed by atoms with Crippen molar-refractivity contribution in [2.75, 3.05) is 7.11 Å². The summed E-state index contributed by atoms with van der Waals surface area (Å²) in [6, 6.07) is 2.16. The average molecular weight is 206 g/mol. The van der Waals surface area contributed by atoms with Gasteiger partial charge in [-0.25, -0.2) is 0 Å². The van der Waals surface area contributed by atoms with E-state index < -0.39 is 0 Å². The molecule has 0 bridgehead atoms. The Balaban J connectivity index is 2.62. The van der Waals surface area contributed by atoms with Crippen molar-refractivity contribution < 1.29 is 9.84 Å². The molecule has 1 aromatic rings. The van der Waals surface area contributed by atoms with Crippen LogP contribution in [0.3, 0.4) is 0 Å². The predicted octanol–water partition coefficient (Wildman–Crippen LogP) is 2.68. The van der Waals surface area contributed by atoms with Gasteiger partial charge in [-0.3, -0.25) is 0 Å². The van der Waals surface area contributed by atoms with Gasteiger partial charge in [-0.05, 0) is 55.4 Å². The largest absolute Gasteiger partial charge is 0.496 e. The molecule has 0 heterocycles. The summed E-state index contributed by atoms with van der Waals surface area (Å²) >= 11 is 0. The third-order valence-electron chi connectivity index (χ3n) is 3.30. The Morgan fingerprint density at radius 2 is 2.13 bits per heavy atom. The first-order valence-electron chi connectivity index (χ1n) is 5.50. The van der Waals surface area contributed by atoms with E-state index in [1.54, 1.807) is 7.11 Å². The van der Waals surface area contributed by atoms with Gasteiger partial charge >= 0.3 is 0 Å². The first-order valence-corrected chi connectivity index (χ1v) is 5.50. The quantitative estimate of drug-likeness (QED) is 0.765. The van der Waals surface area contributed by atoms with Gasteiger partial charge in [0.25, 0.3) is 0 Å². The number of methoxy groups -OCH3 is 1. The number of benzene rings is 1. The molecule has 0 aliphatic heterocycles. The van der Waals surface area contributed by atoms with Gasteiger partial charge in [0, 0.05) is 0 Å². The van der Waals surface area contributed by atoms with Crippen LogP contribution in [0.25, 0.3) is 0 Å². The van der Waals surface area contributed by atoms with Crippen LogP contribution >= 0.6 is 0 Å².